The van der Waals surface area contributed by atoms with Crippen LogP contribution in [0.15, 0.2) is 109 Å². The molecule has 8 heteroatoms. The molecule has 1 heterocycles. The van der Waals surface area contributed by atoms with Crippen LogP contribution < -0.4 is 9.64 Å². The van der Waals surface area contributed by atoms with Gasteiger partial charge in [0.2, 0.25) is 5.91 Å². The van der Waals surface area contributed by atoms with Crippen molar-refractivity contribution in [3.8, 4) is 5.75 Å². The van der Waals surface area contributed by atoms with Crippen molar-refractivity contribution in [2.75, 3.05) is 4.90 Å². The predicted octanol–water partition coefficient (Wildman–Crippen LogP) is 8.78. The Bertz CT molecular complexity index is 1680. The van der Waals surface area contributed by atoms with E-state index in [0.717, 1.165) is 16.7 Å². The van der Waals surface area contributed by atoms with Crippen molar-refractivity contribution in [3.63, 3.8) is 0 Å². The molecule has 5 nitrogen and oxygen atoms in total. The Morgan fingerprint density at radius 3 is 2.00 bits per heavy atom. The molecule has 0 aliphatic carbocycles. The van der Waals surface area contributed by atoms with Crippen LogP contribution in [0.25, 0.3) is 5.57 Å². The fourth-order valence-electron chi connectivity index (χ4n) is 5.78. The summed E-state index contributed by atoms with van der Waals surface area (Å²) < 4.78 is 40.0. The maximum atomic E-state index is 14.1. The number of carbonyl (C=O) groups excluding carboxylic acids is 2. The van der Waals surface area contributed by atoms with Crippen LogP contribution in [0.2, 0.25) is 13.1 Å². The van der Waals surface area contributed by atoms with Crippen molar-refractivity contribution in [2.45, 2.75) is 52.4 Å². The molecule has 238 valence electrons. The largest absolute Gasteiger partial charge is 0.423 e. The molecule has 0 N–H and O–H groups in total. The average Bonchev–Trinajstić information content (AvgIpc) is 3.01. The highest BCUT2D eigenvalue weighted by Crippen LogP contribution is 2.47. The Labute approximate surface area is 271 Å². The third-order valence-corrected chi connectivity index (χ3v) is 8.63. The average molecular weight is 640 g/mol. The van der Waals surface area contributed by atoms with E-state index in [0.29, 0.717) is 23.4 Å². The van der Waals surface area contributed by atoms with Gasteiger partial charge in [-0.15, -0.1) is 0 Å². The van der Waals surface area contributed by atoms with Gasteiger partial charge in [0, 0.05) is 5.69 Å². The van der Waals surface area contributed by atoms with Gasteiger partial charge in [-0.05, 0) is 102 Å². The lowest BCUT2D eigenvalue weighted by Gasteiger charge is -2.50. The van der Waals surface area contributed by atoms with Gasteiger partial charge in [-0.25, -0.2) is 13.6 Å². The molecule has 0 radical (unpaired) electrons. The van der Waals surface area contributed by atoms with Gasteiger partial charge in [0.1, 0.15) is 17.4 Å². The van der Waals surface area contributed by atoms with E-state index >= 15 is 0 Å². The van der Waals surface area contributed by atoms with E-state index in [1.165, 1.54) is 24.3 Å². The fourth-order valence-corrected chi connectivity index (χ4v) is 6.66. The highest BCUT2D eigenvalue weighted by atomic mass is 28.3. The Morgan fingerprint density at radius 2 is 1.43 bits per heavy atom. The van der Waals surface area contributed by atoms with Crippen LogP contribution in [0.3, 0.4) is 0 Å². The first-order valence-corrected chi connectivity index (χ1v) is 18.3. The molecule has 1 saturated heterocycles. The summed E-state index contributed by atoms with van der Waals surface area (Å²) in [5, 5.41) is 0. The molecule has 3 atom stereocenters. The van der Waals surface area contributed by atoms with Crippen molar-refractivity contribution in [1.82, 2.24) is 0 Å². The number of amides is 1. The van der Waals surface area contributed by atoms with E-state index in [-0.39, 0.29) is 17.1 Å². The summed E-state index contributed by atoms with van der Waals surface area (Å²) in [5.41, 5.74) is 3.59. The van der Waals surface area contributed by atoms with Gasteiger partial charge in [-0.1, -0.05) is 69.3 Å². The summed E-state index contributed by atoms with van der Waals surface area (Å²) in [4.78, 5) is 28.4. The van der Waals surface area contributed by atoms with Crippen LogP contribution >= 0.6 is 0 Å². The molecule has 0 saturated carbocycles. The number of rotatable bonds is 10. The number of halogens is 2. The highest BCUT2D eigenvalue weighted by molar-refractivity contribution is 6.48. The summed E-state index contributed by atoms with van der Waals surface area (Å²) in [6.07, 6.45) is 2.17. The predicted molar refractivity (Wildman–Crippen MR) is 180 cm³/mol. The molecular weight excluding hydrogens is 601 g/mol. The fraction of sp³-hybridized carbons (Fsp3) is 0.263. The maximum absolute atomic E-state index is 14.1. The van der Waals surface area contributed by atoms with Crippen LogP contribution in [0, 0.1) is 23.0 Å². The number of allylic oxidation sites excluding steroid dienone is 1. The van der Waals surface area contributed by atoms with Crippen LogP contribution in [-0.4, -0.2) is 27.0 Å². The number of ether oxygens (including phenoxy) is 1. The third kappa shape index (κ3) is 7.87. The second-order valence-corrected chi connectivity index (χ2v) is 15.4. The number of benzene rings is 4. The Kier molecular flexibility index (Phi) is 9.99. The van der Waals surface area contributed by atoms with E-state index in [1.807, 2.05) is 24.3 Å². The molecule has 1 fully saturated rings. The molecule has 5 rings (SSSR count). The number of carbonyl (C=O) groups is 2. The van der Waals surface area contributed by atoms with E-state index in [1.54, 1.807) is 65.6 Å². The topological polar surface area (TPSA) is 55.8 Å². The van der Waals surface area contributed by atoms with E-state index in [2.05, 4.69) is 33.9 Å². The normalized spacial score (nSPS) is 17.5. The summed E-state index contributed by atoms with van der Waals surface area (Å²) in [7, 11) is -1.66. The number of hydrogen-bond acceptors (Lipinski definition) is 4. The van der Waals surface area contributed by atoms with Crippen LogP contribution in [0.5, 0.6) is 5.75 Å². The van der Waals surface area contributed by atoms with E-state index in [9.17, 15) is 18.4 Å². The first-order chi connectivity index (χ1) is 21.9. The molecule has 1 aliphatic rings. The minimum Gasteiger partial charge on any atom is -0.423 e. The number of esters is 1. The lowest BCUT2D eigenvalue weighted by atomic mass is 9.76. The minimum absolute atomic E-state index is 0.0871. The summed E-state index contributed by atoms with van der Waals surface area (Å²) in [5.74, 6) is -1.52. The first kappa shape index (κ1) is 33.0. The van der Waals surface area contributed by atoms with Gasteiger partial charge in [0.25, 0.3) is 0 Å². The smallest absolute Gasteiger partial charge is 0.343 e. The second-order valence-electron chi connectivity index (χ2n) is 13.1. The van der Waals surface area contributed by atoms with Gasteiger partial charge in [0.15, 0.2) is 9.04 Å². The molecule has 1 aliphatic heterocycles. The lowest BCUT2D eigenvalue weighted by molar-refractivity contribution is -0.133. The quantitative estimate of drug-likeness (QED) is 0.0754. The second kappa shape index (κ2) is 13.9. The van der Waals surface area contributed by atoms with Crippen LogP contribution in [0.1, 0.15) is 54.7 Å². The first-order valence-electron chi connectivity index (χ1n) is 15.5. The molecular formula is C38H39F2NO4Si. The van der Waals surface area contributed by atoms with E-state index < -0.39 is 38.9 Å². The summed E-state index contributed by atoms with van der Waals surface area (Å²) >= 11 is 0. The standard InChI is InChI=1S/C38H39F2NO4Si/c1-38(2,3)24-28(25-11-15-29(39)16-12-25)23-33(45-46(4)5)34-35(41(36(34)42)31-19-17-30(40)18-20-31)26-13-21-32(22-14-26)44-37(43)27-9-7-6-8-10-27/h6-23,33-35,46H,24H2,1-5H3/b28-23+/t33?,34-,35+/m0/s1. The number of hydrogen-bond donors (Lipinski definition) is 0. The molecule has 0 spiro atoms. The Morgan fingerprint density at radius 1 is 0.848 bits per heavy atom. The molecule has 0 aromatic heterocycles. The van der Waals surface area contributed by atoms with E-state index in [4.69, 9.17) is 9.16 Å². The third-order valence-electron chi connectivity index (χ3n) is 7.77. The number of anilines is 1. The van der Waals surface area contributed by atoms with Gasteiger partial charge < -0.3 is 14.1 Å². The SMILES string of the molecule is C[SiH](C)OC(/C=C(\CC(C)(C)C)c1ccc(F)cc1)[C@@H]1C(=O)N(c2ccc(F)cc2)[C@@H]1c1ccc(OC(=O)c2ccccc2)cc1. The van der Waals surface area contributed by atoms with Crippen molar-refractivity contribution < 1.29 is 27.5 Å². The number of β-lactam (4-membered cyclic amide) rings is 1. The zero-order valence-electron chi connectivity index (χ0n) is 26.7. The Hall–Kier alpha value is -4.40. The minimum atomic E-state index is -1.66. The molecule has 4 aromatic rings. The maximum Gasteiger partial charge on any atom is 0.343 e. The van der Waals surface area contributed by atoms with Crippen molar-refractivity contribution >= 4 is 32.2 Å². The zero-order valence-corrected chi connectivity index (χ0v) is 27.9. The van der Waals surface area contributed by atoms with Crippen molar-refractivity contribution in [2.24, 2.45) is 11.3 Å². The van der Waals surface area contributed by atoms with Crippen LogP contribution in [-0.2, 0) is 9.22 Å². The molecule has 4 aromatic carbocycles. The van der Waals surface area contributed by atoms with Crippen molar-refractivity contribution in [1.29, 1.82) is 0 Å². The molecule has 0 bridgehead atoms. The lowest BCUT2D eigenvalue weighted by Crippen LogP contribution is -2.60. The number of nitrogens with zero attached hydrogens (tertiary/aromatic N) is 1. The monoisotopic (exact) mass is 639 g/mol. The Balaban J connectivity index is 1.53. The summed E-state index contributed by atoms with van der Waals surface area (Å²) in [6.45, 7) is 10.5. The van der Waals surface area contributed by atoms with Gasteiger partial charge in [-0.2, -0.15) is 0 Å². The molecule has 46 heavy (non-hydrogen) atoms. The van der Waals surface area contributed by atoms with Gasteiger partial charge in [0.05, 0.1) is 23.6 Å². The van der Waals surface area contributed by atoms with Gasteiger partial charge >= 0.3 is 5.97 Å². The highest BCUT2D eigenvalue weighted by Gasteiger charge is 2.52. The molecule has 1 amide bonds. The van der Waals surface area contributed by atoms with Crippen LogP contribution in [0.4, 0.5) is 14.5 Å². The van der Waals surface area contributed by atoms with Crippen molar-refractivity contribution in [3.05, 3.63) is 138 Å². The molecule has 1 unspecified atom stereocenters. The van der Waals surface area contributed by atoms with Gasteiger partial charge in [-0.3, -0.25) is 4.79 Å². The summed E-state index contributed by atoms with van der Waals surface area (Å²) in [6, 6.07) is 27.7. The zero-order chi connectivity index (χ0) is 33.0.